The molecule has 4 aliphatic carbocycles. The van der Waals surface area contributed by atoms with E-state index < -0.39 is 0 Å². The van der Waals surface area contributed by atoms with Crippen molar-refractivity contribution in [3.63, 3.8) is 0 Å². The summed E-state index contributed by atoms with van der Waals surface area (Å²) < 4.78 is 0. The van der Waals surface area contributed by atoms with Gasteiger partial charge in [0, 0.05) is 11.6 Å². The summed E-state index contributed by atoms with van der Waals surface area (Å²) in [6.45, 7) is 6.20. The van der Waals surface area contributed by atoms with Crippen LogP contribution in [-0.2, 0) is 4.79 Å². The van der Waals surface area contributed by atoms with E-state index in [1.165, 1.54) is 49.2 Å². The number of aromatic amines is 1. The van der Waals surface area contributed by atoms with Gasteiger partial charge in [-0.1, -0.05) is 6.07 Å². The zero-order chi connectivity index (χ0) is 18.4. The largest absolute Gasteiger partial charge is 0.345 e. The molecule has 2 heterocycles. The van der Waals surface area contributed by atoms with Gasteiger partial charge in [-0.05, 0) is 69.3 Å². The number of aromatic nitrogens is 1. The van der Waals surface area contributed by atoms with Crippen molar-refractivity contribution in [2.24, 2.45) is 17.8 Å². The predicted molar refractivity (Wildman–Crippen MR) is 104 cm³/mol. The zero-order valence-corrected chi connectivity index (χ0v) is 16.5. The minimum absolute atomic E-state index is 0.0555. The Morgan fingerprint density at radius 2 is 1.78 bits per heavy atom. The number of nitrogens with zero attached hydrogens (tertiary/aromatic N) is 1. The highest BCUT2D eigenvalue weighted by Gasteiger charge is 2.52. The molecule has 4 bridgehead atoms. The van der Waals surface area contributed by atoms with Crippen LogP contribution in [0.4, 0.5) is 5.82 Å². The summed E-state index contributed by atoms with van der Waals surface area (Å²) in [5.41, 5.74) is 0.139. The predicted octanol–water partition coefficient (Wildman–Crippen LogP) is 0.679. The molecular formula is C22H34N4O+2. The summed E-state index contributed by atoms with van der Waals surface area (Å²) in [7, 11) is 0. The molecule has 27 heavy (non-hydrogen) atoms. The van der Waals surface area contributed by atoms with Gasteiger partial charge in [-0.15, -0.1) is 0 Å². The van der Waals surface area contributed by atoms with E-state index in [4.69, 9.17) is 0 Å². The Bertz CT molecular complexity index is 648. The second-order valence-corrected chi connectivity index (χ2v) is 9.80. The average Bonchev–Trinajstić information content (AvgIpc) is 2.67. The lowest BCUT2D eigenvalue weighted by molar-refractivity contribution is -0.914. The molecule has 1 aromatic rings. The van der Waals surface area contributed by atoms with E-state index in [2.05, 4.69) is 34.3 Å². The third kappa shape index (κ3) is 3.35. The van der Waals surface area contributed by atoms with Crippen LogP contribution in [0.3, 0.4) is 0 Å². The van der Waals surface area contributed by atoms with Crippen LogP contribution in [0.5, 0.6) is 0 Å². The SMILES string of the molecule is C[C@H](C(=O)NC12CC3CC(CC(C3)C1)C2)[NH+]1CCN(c2cccc[nH+]2)CC1. The normalized spacial score (nSPS) is 36.6. The van der Waals surface area contributed by atoms with Crippen LogP contribution >= 0.6 is 0 Å². The van der Waals surface area contributed by atoms with Crippen molar-refractivity contribution in [1.29, 1.82) is 0 Å². The molecule has 1 atom stereocenters. The van der Waals surface area contributed by atoms with Gasteiger partial charge in [-0.3, -0.25) is 9.69 Å². The number of amides is 1. The third-order valence-corrected chi connectivity index (χ3v) is 7.87. The number of H-pyrrole nitrogens is 1. The number of carbonyl (C=O) groups is 1. The molecular weight excluding hydrogens is 336 g/mol. The molecule has 4 saturated carbocycles. The maximum Gasteiger partial charge on any atom is 0.278 e. The van der Waals surface area contributed by atoms with Gasteiger partial charge in [-0.25, -0.2) is 4.98 Å². The lowest BCUT2D eigenvalue weighted by Gasteiger charge is -2.57. The first-order chi connectivity index (χ1) is 13.1. The van der Waals surface area contributed by atoms with E-state index in [0.29, 0.717) is 5.91 Å². The van der Waals surface area contributed by atoms with Gasteiger partial charge in [0.1, 0.15) is 26.2 Å². The highest BCUT2D eigenvalue weighted by atomic mass is 16.2. The van der Waals surface area contributed by atoms with E-state index in [1.54, 1.807) is 0 Å². The van der Waals surface area contributed by atoms with Crippen LogP contribution in [0.25, 0.3) is 0 Å². The van der Waals surface area contributed by atoms with E-state index in [1.807, 2.05) is 12.3 Å². The molecule has 1 aliphatic heterocycles. The number of quaternary nitrogens is 1. The maximum absolute atomic E-state index is 13.1. The molecule has 5 nitrogen and oxygen atoms in total. The molecule has 6 rings (SSSR count). The molecule has 0 unspecified atom stereocenters. The summed E-state index contributed by atoms with van der Waals surface area (Å²) in [5.74, 6) is 4.12. The standard InChI is InChI=1S/C22H32N4O/c1-16(25-6-8-26(9-7-25)20-4-2-3-5-23-20)21(27)24-22-13-17-10-18(14-22)12-19(11-17)15-22/h2-5,16-19H,6-15H2,1H3,(H,24,27)/p+2/t16-,17?,18?,19?,22?/m1/s1. The molecule has 1 aromatic heterocycles. The summed E-state index contributed by atoms with van der Waals surface area (Å²) in [6, 6.07) is 6.28. The van der Waals surface area contributed by atoms with Crippen LogP contribution in [0.2, 0.25) is 0 Å². The number of rotatable bonds is 4. The Labute approximate surface area is 162 Å². The van der Waals surface area contributed by atoms with Crippen molar-refractivity contribution in [2.45, 2.75) is 57.0 Å². The number of nitrogens with one attached hydrogen (secondary N) is 3. The summed E-state index contributed by atoms with van der Waals surface area (Å²) >= 11 is 0. The lowest BCUT2D eigenvalue weighted by atomic mass is 9.53. The van der Waals surface area contributed by atoms with E-state index in [0.717, 1.165) is 43.9 Å². The van der Waals surface area contributed by atoms with Crippen molar-refractivity contribution in [3.05, 3.63) is 24.4 Å². The second kappa shape index (κ2) is 6.77. The van der Waals surface area contributed by atoms with Gasteiger partial charge in [0.05, 0.1) is 6.20 Å². The fourth-order valence-electron chi connectivity index (χ4n) is 6.87. The smallest absolute Gasteiger partial charge is 0.278 e. The Morgan fingerprint density at radius 1 is 1.15 bits per heavy atom. The highest BCUT2D eigenvalue weighted by Crippen LogP contribution is 2.55. The first kappa shape index (κ1) is 17.5. The van der Waals surface area contributed by atoms with Gasteiger partial charge < -0.3 is 10.2 Å². The van der Waals surface area contributed by atoms with Crippen LogP contribution < -0.4 is 20.1 Å². The van der Waals surface area contributed by atoms with Gasteiger partial charge in [0.2, 0.25) is 0 Å². The van der Waals surface area contributed by atoms with E-state index >= 15 is 0 Å². The zero-order valence-electron chi connectivity index (χ0n) is 16.5. The minimum atomic E-state index is 0.0555. The Hall–Kier alpha value is -1.62. The lowest BCUT2D eigenvalue weighted by Crippen LogP contribution is -3.19. The average molecular weight is 371 g/mol. The van der Waals surface area contributed by atoms with Gasteiger partial charge in [-0.2, -0.15) is 0 Å². The number of anilines is 1. The number of piperazine rings is 1. The number of hydrogen-bond donors (Lipinski definition) is 2. The Kier molecular flexibility index (Phi) is 4.38. The molecule has 1 amide bonds. The third-order valence-electron chi connectivity index (χ3n) is 7.87. The van der Waals surface area contributed by atoms with Crippen LogP contribution in [0.1, 0.15) is 45.4 Å². The van der Waals surface area contributed by atoms with Gasteiger partial charge in [0.15, 0.2) is 6.04 Å². The van der Waals surface area contributed by atoms with Crippen molar-refractivity contribution in [2.75, 3.05) is 31.1 Å². The molecule has 5 aliphatic rings. The maximum atomic E-state index is 13.1. The molecule has 1 saturated heterocycles. The van der Waals surface area contributed by atoms with Crippen molar-refractivity contribution in [1.82, 2.24) is 5.32 Å². The van der Waals surface area contributed by atoms with Gasteiger partial charge >= 0.3 is 0 Å². The Morgan fingerprint density at radius 3 is 2.33 bits per heavy atom. The Balaban J connectivity index is 1.18. The highest BCUT2D eigenvalue weighted by molar-refractivity contribution is 5.80. The van der Waals surface area contributed by atoms with Crippen LogP contribution in [0, 0.1) is 17.8 Å². The molecule has 5 heteroatoms. The van der Waals surface area contributed by atoms with Crippen LogP contribution in [-0.4, -0.2) is 43.7 Å². The first-order valence-electron chi connectivity index (χ1n) is 11.0. The van der Waals surface area contributed by atoms with Crippen LogP contribution in [0.15, 0.2) is 24.4 Å². The van der Waals surface area contributed by atoms with Crippen molar-refractivity contribution < 1.29 is 14.7 Å². The number of hydrogen-bond acceptors (Lipinski definition) is 2. The molecule has 0 radical (unpaired) electrons. The number of carbonyl (C=O) groups excluding carboxylic acids is 1. The van der Waals surface area contributed by atoms with E-state index in [9.17, 15) is 4.79 Å². The molecule has 5 fully saturated rings. The summed E-state index contributed by atoms with van der Waals surface area (Å²) in [4.78, 5) is 20.3. The molecule has 0 spiro atoms. The molecule has 0 aromatic carbocycles. The monoisotopic (exact) mass is 370 g/mol. The molecule has 3 N–H and O–H groups in total. The topological polar surface area (TPSA) is 50.9 Å². The van der Waals surface area contributed by atoms with Gasteiger partial charge in [0.25, 0.3) is 11.7 Å². The minimum Gasteiger partial charge on any atom is -0.345 e. The van der Waals surface area contributed by atoms with Crippen molar-refractivity contribution in [3.8, 4) is 0 Å². The number of pyridine rings is 1. The quantitative estimate of drug-likeness (QED) is 0.819. The summed E-state index contributed by atoms with van der Waals surface area (Å²) in [5, 5.41) is 3.58. The van der Waals surface area contributed by atoms with E-state index in [-0.39, 0.29) is 11.6 Å². The second-order valence-electron chi connectivity index (χ2n) is 9.80. The summed E-state index contributed by atoms with van der Waals surface area (Å²) in [6.07, 6.45) is 9.98. The molecule has 146 valence electrons. The van der Waals surface area contributed by atoms with Crippen molar-refractivity contribution >= 4 is 11.7 Å². The fraction of sp³-hybridized carbons (Fsp3) is 0.727. The fourth-order valence-corrected chi connectivity index (χ4v) is 6.87. The first-order valence-corrected chi connectivity index (χ1v) is 11.0.